The molecule has 2 aromatic heterocycles. The van der Waals surface area contributed by atoms with E-state index in [1.54, 1.807) is 0 Å². The number of imidazole rings is 1. The molecule has 1 fully saturated rings. The van der Waals surface area contributed by atoms with Gasteiger partial charge in [-0.25, -0.2) is 4.98 Å². The smallest absolute Gasteiger partial charge is 0.0954 e. The van der Waals surface area contributed by atoms with Crippen molar-refractivity contribution in [3.8, 4) is 11.3 Å². The van der Waals surface area contributed by atoms with E-state index in [1.807, 2.05) is 37.1 Å². The third-order valence-corrected chi connectivity index (χ3v) is 3.78. The topological polar surface area (TPSA) is 56.7 Å². The van der Waals surface area contributed by atoms with E-state index in [0.717, 1.165) is 24.1 Å². The lowest BCUT2D eigenvalue weighted by Gasteiger charge is -2.30. The summed E-state index contributed by atoms with van der Waals surface area (Å²) >= 11 is 0. The van der Waals surface area contributed by atoms with Crippen molar-refractivity contribution < 1.29 is 0 Å². The van der Waals surface area contributed by atoms with Gasteiger partial charge in [-0.2, -0.15) is 0 Å². The summed E-state index contributed by atoms with van der Waals surface area (Å²) in [6, 6.07) is 4.65. The van der Waals surface area contributed by atoms with E-state index < -0.39 is 0 Å². The van der Waals surface area contributed by atoms with Crippen LogP contribution < -0.4 is 5.73 Å². The predicted molar refractivity (Wildman–Crippen MR) is 70.9 cm³/mol. The molecule has 0 aromatic carbocycles. The molecule has 2 heterocycles. The van der Waals surface area contributed by atoms with Crippen molar-refractivity contribution in [3.63, 3.8) is 0 Å². The highest BCUT2D eigenvalue weighted by molar-refractivity contribution is 5.58. The highest BCUT2D eigenvalue weighted by atomic mass is 15.1. The molecule has 1 aliphatic rings. The van der Waals surface area contributed by atoms with Crippen molar-refractivity contribution in [2.24, 2.45) is 5.73 Å². The monoisotopic (exact) mass is 242 g/mol. The Kier molecular flexibility index (Phi) is 3.11. The Labute approximate surface area is 107 Å². The highest BCUT2D eigenvalue weighted by Gasteiger charge is 2.24. The zero-order valence-electron chi connectivity index (χ0n) is 10.4. The Morgan fingerprint density at radius 3 is 2.67 bits per heavy atom. The average Bonchev–Trinajstić information content (AvgIpc) is 2.89. The van der Waals surface area contributed by atoms with Crippen LogP contribution in [-0.2, 0) is 0 Å². The molecule has 2 atom stereocenters. The van der Waals surface area contributed by atoms with E-state index in [4.69, 9.17) is 5.73 Å². The maximum absolute atomic E-state index is 6.26. The Balaban J connectivity index is 1.96. The summed E-state index contributed by atoms with van der Waals surface area (Å²) in [7, 11) is 0. The fourth-order valence-corrected chi connectivity index (χ4v) is 2.80. The van der Waals surface area contributed by atoms with Crippen LogP contribution >= 0.6 is 0 Å². The molecule has 0 aliphatic heterocycles. The van der Waals surface area contributed by atoms with Gasteiger partial charge in [0.25, 0.3) is 0 Å². The first-order chi connectivity index (χ1) is 8.86. The van der Waals surface area contributed by atoms with Gasteiger partial charge in [-0.1, -0.05) is 12.8 Å². The first kappa shape index (κ1) is 11.4. The molecule has 1 aliphatic carbocycles. The van der Waals surface area contributed by atoms with E-state index >= 15 is 0 Å². The Bertz CT molecular complexity index is 506. The largest absolute Gasteiger partial charge is 0.326 e. The van der Waals surface area contributed by atoms with E-state index in [9.17, 15) is 0 Å². The van der Waals surface area contributed by atoms with E-state index in [0.29, 0.717) is 6.04 Å². The second-order valence-electron chi connectivity index (χ2n) is 4.94. The van der Waals surface area contributed by atoms with Crippen molar-refractivity contribution in [1.29, 1.82) is 0 Å². The lowest BCUT2D eigenvalue weighted by atomic mass is 9.90. The zero-order chi connectivity index (χ0) is 12.4. The molecular formula is C14H18N4. The van der Waals surface area contributed by atoms with Crippen molar-refractivity contribution in [3.05, 3.63) is 37.1 Å². The molecule has 94 valence electrons. The van der Waals surface area contributed by atoms with Crippen LogP contribution in [0.3, 0.4) is 0 Å². The van der Waals surface area contributed by atoms with Gasteiger partial charge < -0.3 is 10.3 Å². The van der Waals surface area contributed by atoms with E-state index in [2.05, 4.69) is 14.5 Å². The first-order valence-corrected chi connectivity index (χ1v) is 6.54. The summed E-state index contributed by atoms with van der Waals surface area (Å²) in [5, 5.41) is 0. The summed E-state index contributed by atoms with van der Waals surface area (Å²) in [5.41, 5.74) is 8.55. The quantitative estimate of drug-likeness (QED) is 0.879. The molecule has 0 radical (unpaired) electrons. The molecule has 0 saturated heterocycles. The molecule has 4 nitrogen and oxygen atoms in total. The Morgan fingerprint density at radius 2 is 1.89 bits per heavy atom. The second-order valence-corrected chi connectivity index (χ2v) is 4.94. The summed E-state index contributed by atoms with van der Waals surface area (Å²) in [5.74, 6) is 0. The van der Waals surface area contributed by atoms with Crippen LogP contribution in [0.4, 0.5) is 0 Å². The Hall–Kier alpha value is -1.68. The zero-order valence-corrected chi connectivity index (χ0v) is 10.4. The molecular weight excluding hydrogens is 224 g/mol. The maximum Gasteiger partial charge on any atom is 0.0954 e. The van der Waals surface area contributed by atoms with Crippen LogP contribution in [0.5, 0.6) is 0 Å². The van der Waals surface area contributed by atoms with Crippen molar-refractivity contribution in [2.75, 3.05) is 0 Å². The first-order valence-electron chi connectivity index (χ1n) is 6.54. The highest BCUT2D eigenvalue weighted by Crippen LogP contribution is 2.31. The van der Waals surface area contributed by atoms with Crippen LogP contribution in [0.25, 0.3) is 11.3 Å². The molecule has 2 N–H and O–H groups in total. The summed E-state index contributed by atoms with van der Waals surface area (Å²) in [6.45, 7) is 0. The van der Waals surface area contributed by atoms with Gasteiger partial charge in [0.1, 0.15) is 0 Å². The fraction of sp³-hybridized carbons (Fsp3) is 0.429. The predicted octanol–water partition coefficient (Wildman–Crippen LogP) is 2.39. The van der Waals surface area contributed by atoms with Crippen molar-refractivity contribution in [1.82, 2.24) is 14.5 Å². The molecule has 0 spiro atoms. The maximum atomic E-state index is 6.26. The average molecular weight is 242 g/mol. The van der Waals surface area contributed by atoms with Gasteiger partial charge in [0.15, 0.2) is 0 Å². The van der Waals surface area contributed by atoms with Crippen LogP contribution in [0.1, 0.15) is 31.7 Å². The third-order valence-electron chi connectivity index (χ3n) is 3.78. The van der Waals surface area contributed by atoms with E-state index in [-0.39, 0.29) is 6.04 Å². The lowest BCUT2D eigenvalue weighted by Crippen LogP contribution is -2.35. The van der Waals surface area contributed by atoms with Gasteiger partial charge in [-0.05, 0) is 25.0 Å². The number of aromatic nitrogens is 3. The minimum atomic E-state index is 0.244. The van der Waals surface area contributed by atoms with Crippen molar-refractivity contribution >= 4 is 0 Å². The molecule has 2 aromatic rings. The molecule has 3 rings (SSSR count). The molecule has 0 bridgehead atoms. The molecule has 4 heteroatoms. The van der Waals surface area contributed by atoms with Gasteiger partial charge in [0, 0.05) is 24.0 Å². The van der Waals surface area contributed by atoms with Crippen LogP contribution in [0.2, 0.25) is 0 Å². The minimum Gasteiger partial charge on any atom is -0.326 e. The molecule has 2 unspecified atom stereocenters. The number of hydrogen-bond acceptors (Lipinski definition) is 3. The summed E-state index contributed by atoms with van der Waals surface area (Å²) < 4.78 is 2.24. The number of pyridine rings is 1. The fourth-order valence-electron chi connectivity index (χ4n) is 2.80. The van der Waals surface area contributed by atoms with Crippen LogP contribution in [-0.4, -0.2) is 20.6 Å². The van der Waals surface area contributed by atoms with Gasteiger partial charge in [-0.15, -0.1) is 0 Å². The lowest BCUT2D eigenvalue weighted by molar-refractivity contribution is 0.308. The van der Waals surface area contributed by atoms with Crippen molar-refractivity contribution in [2.45, 2.75) is 37.8 Å². The SMILES string of the molecule is NC1CCCCC1n1cncc1-c1ccncc1. The summed E-state index contributed by atoms with van der Waals surface area (Å²) in [6.07, 6.45) is 12.2. The van der Waals surface area contributed by atoms with Gasteiger partial charge in [0.05, 0.1) is 24.3 Å². The second kappa shape index (κ2) is 4.90. The Morgan fingerprint density at radius 1 is 1.11 bits per heavy atom. The van der Waals surface area contributed by atoms with Crippen LogP contribution in [0, 0.1) is 0 Å². The number of hydrogen-bond donors (Lipinski definition) is 1. The van der Waals surface area contributed by atoms with E-state index in [1.165, 1.54) is 12.8 Å². The van der Waals surface area contributed by atoms with Gasteiger partial charge >= 0.3 is 0 Å². The number of nitrogens with two attached hydrogens (primary N) is 1. The van der Waals surface area contributed by atoms with Crippen LogP contribution in [0.15, 0.2) is 37.1 Å². The minimum absolute atomic E-state index is 0.244. The summed E-state index contributed by atoms with van der Waals surface area (Å²) in [4.78, 5) is 8.35. The number of rotatable bonds is 2. The molecule has 1 saturated carbocycles. The molecule has 0 amide bonds. The number of nitrogens with zero attached hydrogens (tertiary/aromatic N) is 3. The third kappa shape index (κ3) is 2.04. The normalized spacial score (nSPS) is 24.1. The van der Waals surface area contributed by atoms with Gasteiger partial charge in [0.2, 0.25) is 0 Å². The molecule has 18 heavy (non-hydrogen) atoms. The standard InChI is InChI=1S/C14H18N4/c15-12-3-1-2-4-13(12)18-10-17-9-14(18)11-5-7-16-8-6-11/h5-10,12-13H,1-4,15H2. The van der Waals surface area contributed by atoms with Gasteiger partial charge in [-0.3, -0.25) is 4.98 Å².